The quantitative estimate of drug-likeness (QED) is 0.0778. The largest absolute Gasteiger partial charge is 0.476 e. The monoisotopic (exact) mass is 693 g/mol. The number of hydrogen-bond donors (Lipinski definition) is 2. The first-order valence-electron chi connectivity index (χ1n) is 16.7. The highest BCUT2D eigenvalue weighted by molar-refractivity contribution is 6.02. The van der Waals surface area contributed by atoms with Gasteiger partial charge in [0.1, 0.15) is 12.8 Å². The van der Waals surface area contributed by atoms with E-state index >= 15 is 0 Å². The van der Waals surface area contributed by atoms with Crippen molar-refractivity contribution in [2.24, 2.45) is 0 Å². The number of likely N-dealkylation sites (N-methyl/N-ethyl adjacent to an activating group) is 2. The zero-order valence-corrected chi connectivity index (χ0v) is 28.5. The molecule has 12 heteroatoms. The zero-order valence-electron chi connectivity index (χ0n) is 28.5. The second-order valence-corrected chi connectivity index (χ2v) is 13.0. The van der Waals surface area contributed by atoms with Crippen molar-refractivity contribution in [3.63, 3.8) is 0 Å². The molecule has 2 fully saturated rings. The molecular formula is C38H43F4N5O3. The Hall–Kier alpha value is -4.55. The van der Waals surface area contributed by atoms with Gasteiger partial charge in [-0.2, -0.15) is 17.6 Å². The third-order valence-electron chi connectivity index (χ3n) is 9.07. The van der Waals surface area contributed by atoms with Crippen LogP contribution in [-0.2, 0) is 9.53 Å². The van der Waals surface area contributed by atoms with Gasteiger partial charge in [0.15, 0.2) is 0 Å². The molecule has 0 radical (unpaired) electrons. The van der Waals surface area contributed by atoms with Crippen LogP contribution in [0, 0.1) is 5.41 Å². The summed E-state index contributed by atoms with van der Waals surface area (Å²) < 4.78 is 69.2. The Kier molecular flexibility index (Phi) is 11.7. The molecule has 3 aromatic rings. The summed E-state index contributed by atoms with van der Waals surface area (Å²) in [5.41, 5.74) is 1.27. The molecule has 50 heavy (non-hydrogen) atoms. The number of rotatable bonds is 14. The average Bonchev–Trinajstić information content (AvgIpc) is 3.89. The molecule has 1 amide bonds. The molecule has 2 aromatic carbocycles. The number of carbonyl (C=O) groups excluding carboxylic acids is 1. The fourth-order valence-electron chi connectivity index (χ4n) is 5.98. The molecule has 1 unspecified atom stereocenters. The van der Waals surface area contributed by atoms with Crippen LogP contribution >= 0.6 is 0 Å². The van der Waals surface area contributed by atoms with Gasteiger partial charge in [-0.1, -0.05) is 42.5 Å². The molecule has 1 aromatic heterocycles. The van der Waals surface area contributed by atoms with E-state index < -0.39 is 18.6 Å². The Morgan fingerprint density at radius 2 is 1.80 bits per heavy atom. The number of pyridine rings is 1. The van der Waals surface area contributed by atoms with Gasteiger partial charge in [0.05, 0.1) is 17.5 Å². The summed E-state index contributed by atoms with van der Waals surface area (Å²) in [4.78, 5) is 20.0. The number of benzene rings is 2. The van der Waals surface area contributed by atoms with E-state index in [1.54, 1.807) is 68.7 Å². The molecule has 1 saturated heterocycles. The van der Waals surface area contributed by atoms with Gasteiger partial charge in [0.25, 0.3) is 0 Å². The van der Waals surface area contributed by atoms with Crippen molar-refractivity contribution in [3.8, 4) is 5.88 Å². The van der Waals surface area contributed by atoms with E-state index in [4.69, 9.17) is 14.9 Å². The summed E-state index contributed by atoms with van der Waals surface area (Å²) in [5.74, 6) is -1.01. The first-order chi connectivity index (χ1) is 23.8. The van der Waals surface area contributed by atoms with Gasteiger partial charge in [0.2, 0.25) is 17.8 Å². The smallest absolute Gasteiger partial charge is 0.393 e. The lowest BCUT2D eigenvalue weighted by atomic mass is 9.87. The molecule has 1 atom stereocenters. The molecule has 1 aliphatic carbocycles. The minimum absolute atomic E-state index is 0.0133. The second-order valence-electron chi connectivity index (χ2n) is 13.0. The Morgan fingerprint density at radius 1 is 1.06 bits per heavy atom. The molecule has 2 heterocycles. The van der Waals surface area contributed by atoms with Crippen molar-refractivity contribution < 1.29 is 31.8 Å². The van der Waals surface area contributed by atoms with Crippen LogP contribution in [0.15, 0.2) is 79.0 Å². The standard InChI is InChI=1S/C38H43F4N5O3/c1-46(2)34(48)13-9-20-47(3)37(18-19-37)25-50-32-17-15-28(24-44-32)35(30(23-38(40,41)42)26-10-5-4-6-11-26)27-14-16-31(29(22-27)36(39)43)45-33-12-7-8-21-49-33/h4-6,9-11,13-17,22,24,33,43,45H,7-8,12,18-21,23,25H2,1-3H3/b13-9+,35-30-,43-36?. The van der Waals surface area contributed by atoms with Crippen molar-refractivity contribution in [1.82, 2.24) is 14.8 Å². The zero-order chi connectivity index (χ0) is 35.9. The fourth-order valence-corrected chi connectivity index (χ4v) is 5.98. The van der Waals surface area contributed by atoms with Crippen molar-refractivity contribution in [3.05, 3.63) is 101 Å². The first kappa shape index (κ1) is 36.7. The van der Waals surface area contributed by atoms with E-state index in [9.17, 15) is 22.4 Å². The van der Waals surface area contributed by atoms with Crippen LogP contribution in [0.4, 0.5) is 23.2 Å². The molecule has 2 aliphatic rings. The van der Waals surface area contributed by atoms with Gasteiger partial charge in [-0.05, 0) is 79.6 Å². The molecule has 2 N–H and O–H groups in total. The van der Waals surface area contributed by atoms with E-state index in [1.165, 1.54) is 23.2 Å². The summed E-state index contributed by atoms with van der Waals surface area (Å²) >= 11 is 0. The molecule has 266 valence electrons. The highest BCUT2D eigenvalue weighted by Gasteiger charge is 2.47. The average molecular weight is 694 g/mol. The number of anilines is 1. The number of hydrogen-bond acceptors (Lipinski definition) is 7. The van der Waals surface area contributed by atoms with Crippen LogP contribution in [0.3, 0.4) is 0 Å². The van der Waals surface area contributed by atoms with Crippen molar-refractivity contribution in [2.45, 2.75) is 56.5 Å². The number of amides is 1. The third kappa shape index (κ3) is 9.57. The lowest BCUT2D eigenvalue weighted by Crippen LogP contribution is -2.39. The molecule has 5 rings (SSSR count). The van der Waals surface area contributed by atoms with Crippen LogP contribution in [0.2, 0.25) is 0 Å². The van der Waals surface area contributed by atoms with E-state index in [0.717, 1.165) is 25.7 Å². The SMILES string of the molecule is CN(C)C(=O)/C=C/CN(C)C1(COc2ccc(/C(=C(/CC(F)(F)F)c3ccccc3)c3ccc(NC4CCCCO4)c(C(=N)F)c3)cn2)CC1. The number of allylic oxidation sites excluding steroid dienone is 1. The van der Waals surface area contributed by atoms with Crippen molar-refractivity contribution in [1.29, 1.82) is 5.41 Å². The first-order valence-corrected chi connectivity index (χ1v) is 16.7. The van der Waals surface area contributed by atoms with Crippen LogP contribution in [0.25, 0.3) is 11.1 Å². The number of carbonyl (C=O) groups is 1. The van der Waals surface area contributed by atoms with Gasteiger partial charge in [-0.3, -0.25) is 15.1 Å². The summed E-state index contributed by atoms with van der Waals surface area (Å²) in [6, 6.07) is 16.2. The van der Waals surface area contributed by atoms with Gasteiger partial charge in [-0.15, -0.1) is 0 Å². The van der Waals surface area contributed by atoms with Crippen molar-refractivity contribution in [2.75, 3.05) is 46.2 Å². The maximum Gasteiger partial charge on any atom is 0.393 e. The Labute approximate surface area is 290 Å². The third-order valence-corrected chi connectivity index (χ3v) is 9.07. The van der Waals surface area contributed by atoms with Crippen LogP contribution in [0.5, 0.6) is 5.88 Å². The van der Waals surface area contributed by atoms with Gasteiger partial charge < -0.3 is 19.7 Å². The predicted octanol–water partition coefficient (Wildman–Crippen LogP) is 7.71. The molecule has 0 bridgehead atoms. The summed E-state index contributed by atoms with van der Waals surface area (Å²) in [7, 11) is 5.35. The van der Waals surface area contributed by atoms with Crippen LogP contribution in [0.1, 0.15) is 60.8 Å². The molecule has 0 spiro atoms. The minimum atomic E-state index is -4.55. The van der Waals surface area contributed by atoms with Gasteiger partial charge >= 0.3 is 6.18 Å². The Morgan fingerprint density at radius 3 is 2.40 bits per heavy atom. The Balaban J connectivity index is 1.46. The topological polar surface area (TPSA) is 90.8 Å². The van der Waals surface area contributed by atoms with Gasteiger partial charge in [0, 0.05) is 56.8 Å². The number of nitrogens with zero attached hydrogens (tertiary/aromatic N) is 3. The maximum absolute atomic E-state index is 14.8. The van der Waals surface area contributed by atoms with E-state index in [-0.39, 0.29) is 34.4 Å². The van der Waals surface area contributed by atoms with E-state index in [1.807, 2.05) is 13.1 Å². The number of ether oxygens (including phenoxy) is 2. The number of alkyl halides is 3. The minimum Gasteiger partial charge on any atom is -0.476 e. The van der Waals surface area contributed by atoms with Gasteiger partial charge in [-0.25, -0.2) is 4.98 Å². The highest BCUT2D eigenvalue weighted by atomic mass is 19.4. The summed E-state index contributed by atoms with van der Waals surface area (Å²) in [6.07, 6.45) is 3.05. The summed E-state index contributed by atoms with van der Waals surface area (Å²) in [6.45, 7) is 1.47. The lowest BCUT2D eigenvalue weighted by Gasteiger charge is -2.27. The number of halogens is 4. The maximum atomic E-state index is 14.8. The molecule has 8 nitrogen and oxygen atoms in total. The Bertz CT molecular complexity index is 1700. The van der Waals surface area contributed by atoms with E-state index in [0.29, 0.717) is 54.4 Å². The van der Waals surface area contributed by atoms with Crippen molar-refractivity contribution >= 4 is 28.7 Å². The molecular weight excluding hydrogens is 650 g/mol. The summed E-state index contributed by atoms with van der Waals surface area (Å²) in [5, 5.41) is 11.0. The lowest BCUT2D eigenvalue weighted by molar-refractivity contribution is -0.124. The normalized spacial score (nSPS) is 17.7. The van der Waals surface area contributed by atoms with Crippen LogP contribution in [-0.4, -0.2) is 85.5 Å². The van der Waals surface area contributed by atoms with Crippen LogP contribution < -0.4 is 10.1 Å². The number of aromatic nitrogens is 1. The van der Waals surface area contributed by atoms with E-state index in [2.05, 4.69) is 15.2 Å². The number of nitrogens with one attached hydrogen (secondary N) is 2. The predicted molar refractivity (Wildman–Crippen MR) is 187 cm³/mol. The molecule has 1 aliphatic heterocycles. The fraction of sp³-hybridized carbons (Fsp3) is 0.395. The molecule has 1 saturated carbocycles. The second kappa shape index (κ2) is 16.0. The highest BCUT2D eigenvalue weighted by Crippen LogP contribution is 2.42.